The Morgan fingerprint density at radius 1 is 0.846 bits per heavy atom. The molecule has 0 aliphatic carbocycles. The molecular formula is C30H32N8O. The smallest absolute Gasteiger partial charge is 0.214 e. The molecule has 2 aliphatic heterocycles. The van der Waals surface area contributed by atoms with Crippen LogP contribution in [0.2, 0.25) is 0 Å². The number of piperazine rings is 1. The molecule has 198 valence electrons. The zero-order chi connectivity index (χ0) is 26.0. The van der Waals surface area contributed by atoms with Gasteiger partial charge < -0.3 is 20.3 Å². The molecule has 9 nitrogen and oxygen atoms in total. The van der Waals surface area contributed by atoms with Gasteiger partial charge in [-0.25, -0.2) is 15.0 Å². The summed E-state index contributed by atoms with van der Waals surface area (Å²) in [4.78, 5) is 21.8. The normalized spacial score (nSPS) is 16.7. The summed E-state index contributed by atoms with van der Waals surface area (Å²) in [6, 6.07) is 16.3. The molecule has 2 fully saturated rings. The van der Waals surface area contributed by atoms with E-state index in [1.54, 1.807) is 0 Å². The number of hydrogen-bond acceptors (Lipinski definition) is 8. The van der Waals surface area contributed by atoms with E-state index in [1.807, 2.05) is 42.7 Å². The number of nitrogens with one attached hydrogen (secondary N) is 2. The van der Waals surface area contributed by atoms with Crippen LogP contribution in [0, 0.1) is 0 Å². The van der Waals surface area contributed by atoms with Gasteiger partial charge in [0.25, 0.3) is 0 Å². The number of imidazole rings is 1. The highest BCUT2D eigenvalue weighted by Crippen LogP contribution is 2.30. The molecule has 0 radical (unpaired) electrons. The first kappa shape index (κ1) is 24.0. The largest absolute Gasteiger partial charge is 0.471 e. The fourth-order valence-electron chi connectivity index (χ4n) is 5.60. The first-order valence-corrected chi connectivity index (χ1v) is 13.8. The summed E-state index contributed by atoms with van der Waals surface area (Å²) in [5.74, 6) is 1.99. The molecule has 9 heteroatoms. The van der Waals surface area contributed by atoms with Crippen molar-refractivity contribution in [1.29, 1.82) is 0 Å². The van der Waals surface area contributed by atoms with Crippen LogP contribution in [0.4, 0.5) is 5.82 Å². The Morgan fingerprint density at radius 3 is 2.54 bits per heavy atom. The number of aromatic nitrogens is 5. The van der Waals surface area contributed by atoms with E-state index in [9.17, 15) is 0 Å². The predicted octanol–water partition coefficient (Wildman–Crippen LogP) is 3.80. The Hall–Kier alpha value is -4.08. The quantitative estimate of drug-likeness (QED) is 0.349. The fraction of sp³-hybridized carbons (Fsp3) is 0.333. The molecule has 39 heavy (non-hydrogen) atoms. The molecule has 7 rings (SSSR count). The van der Waals surface area contributed by atoms with E-state index in [-0.39, 0.29) is 0 Å². The molecule has 0 atom stereocenters. The summed E-state index contributed by atoms with van der Waals surface area (Å²) in [6.07, 6.45) is 8.11. The Bertz CT molecular complexity index is 1590. The van der Waals surface area contributed by atoms with E-state index in [4.69, 9.17) is 19.7 Å². The molecule has 5 aromatic rings. The van der Waals surface area contributed by atoms with Crippen LogP contribution in [0.15, 0.2) is 67.1 Å². The number of rotatable bonds is 6. The minimum Gasteiger partial charge on any atom is -0.471 e. The molecule has 0 amide bonds. The van der Waals surface area contributed by atoms with Gasteiger partial charge in [-0.05, 0) is 50.2 Å². The average molecular weight is 521 g/mol. The van der Waals surface area contributed by atoms with Crippen LogP contribution in [0.1, 0.15) is 30.1 Å². The van der Waals surface area contributed by atoms with Crippen molar-refractivity contribution in [2.75, 3.05) is 44.2 Å². The monoisotopic (exact) mass is 520 g/mol. The van der Waals surface area contributed by atoms with Gasteiger partial charge in [0.1, 0.15) is 12.4 Å². The second-order valence-corrected chi connectivity index (χ2v) is 10.3. The highest BCUT2D eigenvalue weighted by atomic mass is 16.5. The number of para-hydroxylation sites is 1. The van der Waals surface area contributed by atoms with Crippen LogP contribution in [0.5, 0.6) is 5.88 Å². The van der Waals surface area contributed by atoms with E-state index in [2.05, 4.69) is 49.3 Å². The molecule has 2 aliphatic rings. The standard InChI is InChI=1S/C30H32N8O/c1-2-4-25-21(3-1)6-8-28(36-25)39-20-24-19-38-26(18-34-29(30(38)35-24)22-9-11-31-12-10-22)23-5-7-27(33-17-23)37-15-13-32-14-16-37/h1-8,17-19,22,31-32H,9-16,20H2. The lowest BCUT2D eigenvalue weighted by Gasteiger charge is -2.28. The summed E-state index contributed by atoms with van der Waals surface area (Å²) in [5, 5.41) is 7.95. The molecule has 0 saturated carbocycles. The van der Waals surface area contributed by atoms with Gasteiger partial charge in [0.05, 0.1) is 28.8 Å². The van der Waals surface area contributed by atoms with Crippen molar-refractivity contribution < 1.29 is 4.74 Å². The summed E-state index contributed by atoms with van der Waals surface area (Å²) in [6.45, 7) is 6.25. The van der Waals surface area contributed by atoms with Gasteiger partial charge in [0, 0.05) is 61.5 Å². The molecule has 1 aromatic carbocycles. The van der Waals surface area contributed by atoms with Crippen molar-refractivity contribution in [3.8, 4) is 17.1 Å². The third-order valence-electron chi connectivity index (χ3n) is 7.72. The van der Waals surface area contributed by atoms with Crippen LogP contribution in [0.25, 0.3) is 27.8 Å². The Kier molecular flexibility index (Phi) is 6.51. The predicted molar refractivity (Wildman–Crippen MR) is 152 cm³/mol. The number of pyridine rings is 2. The van der Waals surface area contributed by atoms with Crippen LogP contribution in [-0.2, 0) is 6.61 Å². The first-order chi connectivity index (χ1) is 19.3. The van der Waals surface area contributed by atoms with Gasteiger partial charge in [-0.3, -0.25) is 9.38 Å². The zero-order valence-corrected chi connectivity index (χ0v) is 21.9. The molecular weight excluding hydrogens is 488 g/mol. The van der Waals surface area contributed by atoms with Crippen LogP contribution < -0.4 is 20.3 Å². The SMILES string of the molecule is c1ccc2nc(OCc3cn4c(-c5ccc(N6CCNCC6)nc5)cnc(C5CCNCC5)c4n3)ccc2c1. The molecule has 0 unspecified atom stereocenters. The molecule has 0 bridgehead atoms. The number of hydrogen-bond donors (Lipinski definition) is 2. The maximum absolute atomic E-state index is 6.10. The summed E-state index contributed by atoms with van der Waals surface area (Å²) in [7, 11) is 0. The molecule has 0 spiro atoms. The van der Waals surface area contributed by atoms with Crippen LogP contribution in [-0.4, -0.2) is 63.6 Å². The minimum atomic E-state index is 0.332. The van der Waals surface area contributed by atoms with Crippen molar-refractivity contribution in [3.05, 3.63) is 78.5 Å². The molecule has 2 saturated heterocycles. The van der Waals surface area contributed by atoms with E-state index in [0.717, 1.165) is 97.1 Å². The molecule has 6 heterocycles. The number of benzene rings is 1. The van der Waals surface area contributed by atoms with E-state index in [1.165, 1.54) is 0 Å². The number of fused-ring (bicyclic) bond motifs is 2. The van der Waals surface area contributed by atoms with Gasteiger partial charge in [0.15, 0.2) is 5.65 Å². The second kappa shape index (κ2) is 10.6. The van der Waals surface area contributed by atoms with Crippen LogP contribution in [0.3, 0.4) is 0 Å². The first-order valence-electron chi connectivity index (χ1n) is 13.8. The van der Waals surface area contributed by atoms with Crippen molar-refractivity contribution in [2.24, 2.45) is 0 Å². The third-order valence-corrected chi connectivity index (χ3v) is 7.72. The second-order valence-electron chi connectivity index (χ2n) is 10.3. The lowest BCUT2D eigenvalue weighted by atomic mass is 9.94. The molecule has 2 N–H and O–H groups in total. The van der Waals surface area contributed by atoms with E-state index < -0.39 is 0 Å². The van der Waals surface area contributed by atoms with E-state index in [0.29, 0.717) is 18.4 Å². The number of nitrogens with zero attached hydrogens (tertiary/aromatic N) is 6. The fourth-order valence-corrected chi connectivity index (χ4v) is 5.60. The highest BCUT2D eigenvalue weighted by Gasteiger charge is 2.23. The summed E-state index contributed by atoms with van der Waals surface area (Å²) >= 11 is 0. The minimum absolute atomic E-state index is 0.332. The highest BCUT2D eigenvalue weighted by molar-refractivity contribution is 5.78. The Labute approximate surface area is 227 Å². The van der Waals surface area contributed by atoms with Gasteiger partial charge >= 0.3 is 0 Å². The molecule has 4 aromatic heterocycles. The van der Waals surface area contributed by atoms with Crippen molar-refractivity contribution in [3.63, 3.8) is 0 Å². The Morgan fingerprint density at radius 2 is 1.69 bits per heavy atom. The topological polar surface area (TPSA) is 92.5 Å². The number of piperidine rings is 1. The summed E-state index contributed by atoms with van der Waals surface area (Å²) < 4.78 is 8.27. The van der Waals surface area contributed by atoms with Crippen molar-refractivity contribution in [1.82, 2.24) is 35.0 Å². The van der Waals surface area contributed by atoms with Crippen molar-refractivity contribution in [2.45, 2.75) is 25.4 Å². The zero-order valence-electron chi connectivity index (χ0n) is 21.9. The number of ether oxygens (including phenoxy) is 1. The van der Waals surface area contributed by atoms with Gasteiger partial charge in [-0.2, -0.15) is 0 Å². The lowest BCUT2D eigenvalue weighted by Crippen LogP contribution is -2.43. The van der Waals surface area contributed by atoms with Gasteiger partial charge in [-0.15, -0.1) is 0 Å². The maximum Gasteiger partial charge on any atom is 0.214 e. The van der Waals surface area contributed by atoms with Crippen molar-refractivity contribution >= 4 is 22.4 Å². The maximum atomic E-state index is 6.10. The third kappa shape index (κ3) is 4.91. The average Bonchev–Trinajstić information content (AvgIpc) is 3.45. The van der Waals surface area contributed by atoms with Crippen LogP contribution >= 0.6 is 0 Å². The number of anilines is 1. The van der Waals surface area contributed by atoms with Gasteiger partial charge in [0.2, 0.25) is 5.88 Å². The van der Waals surface area contributed by atoms with E-state index >= 15 is 0 Å². The Balaban J connectivity index is 1.21. The van der Waals surface area contributed by atoms with Gasteiger partial charge in [-0.1, -0.05) is 18.2 Å². The lowest BCUT2D eigenvalue weighted by molar-refractivity contribution is 0.291. The summed E-state index contributed by atoms with van der Waals surface area (Å²) in [5.41, 5.74) is 5.71.